The van der Waals surface area contributed by atoms with Gasteiger partial charge in [-0.1, -0.05) is 12.1 Å². The van der Waals surface area contributed by atoms with Crippen molar-refractivity contribution in [2.45, 2.75) is 19.0 Å². The summed E-state index contributed by atoms with van der Waals surface area (Å²) in [4.78, 5) is 25.2. The van der Waals surface area contributed by atoms with Crippen LogP contribution in [0.25, 0.3) is 0 Å². The Kier molecular flexibility index (Phi) is 4.77. The number of carbonyl (C=O) groups is 2. The molecule has 2 aromatic carbocycles. The van der Waals surface area contributed by atoms with Crippen LogP contribution in [0.3, 0.4) is 0 Å². The number of benzene rings is 2. The van der Waals surface area contributed by atoms with E-state index in [0.717, 1.165) is 5.56 Å². The highest BCUT2D eigenvalue weighted by molar-refractivity contribution is 5.93. The van der Waals surface area contributed by atoms with Gasteiger partial charge in [0.2, 0.25) is 0 Å². The fourth-order valence-electron chi connectivity index (χ4n) is 2.71. The molecule has 0 radical (unpaired) electrons. The molecule has 3 N–H and O–H groups in total. The topological polar surface area (TPSA) is 90.9 Å². The molecule has 0 aliphatic carbocycles. The van der Waals surface area contributed by atoms with Gasteiger partial charge in [0.15, 0.2) is 0 Å². The molecule has 1 heterocycles. The molecule has 3 amide bonds. The molecular weight excluding hydrogens is 341 g/mol. The summed E-state index contributed by atoms with van der Waals surface area (Å²) in [6.07, 6.45) is 0. The third-order valence-corrected chi connectivity index (χ3v) is 4.13. The van der Waals surface area contributed by atoms with Crippen LogP contribution < -0.4 is 15.5 Å². The van der Waals surface area contributed by atoms with Crippen molar-refractivity contribution in [1.82, 2.24) is 15.7 Å². The molecule has 1 aliphatic heterocycles. The van der Waals surface area contributed by atoms with Gasteiger partial charge in [-0.25, -0.2) is 14.7 Å². The lowest BCUT2D eigenvalue weighted by atomic mass is 10.0. The van der Waals surface area contributed by atoms with Crippen molar-refractivity contribution in [3.05, 3.63) is 59.9 Å². The molecular formula is C18H18FN3O4. The summed E-state index contributed by atoms with van der Waals surface area (Å²) in [5, 5.41) is 11.3. The number of halogens is 1. The smallest absolute Gasteiger partial charge is 0.318 e. The van der Waals surface area contributed by atoms with Crippen molar-refractivity contribution in [1.29, 1.82) is 0 Å². The fourth-order valence-corrected chi connectivity index (χ4v) is 2.71. The minimum atomic E-state index is -1.18. The largest absolute Gasteiger partial charge is 0.457 e. The van der Waals surface area contributed by atoms with E-state index in [9.17, 15) is 14.0 Å². The SMILES string of the molecule is CC1(C(=O)NO)CN(Cc2ccc(Oc3ccc(F)cc3)cc2)C(=O)N1. The zero-order valence-electron chi connectivity index (χ0n) is 14.0. The number of urea groups is 1. The Morgan fingerprint density at radius 2 is 1.81 bits per heavy atom. The van der Waals surface area contributed by atoms with Crippen molar-refractivity contribution in [3.63, 3.8) is 0 Å². The first kappa shape index (κ1) is 17.7. The van der Waals surface area contributed by atoms with E-state index in [1.54, 1.807) is 29.7 Å². The highest BCUT2D eigenvalue weighted by Crippen LogP contribution is 2.23. The first-order chi connectivity index (χ1) is 12.4. The summed E-state index contributed by atoms with van der Waals surface area (Å²) >= 11 is 0. The molecule has 3 rings (SSSR count). The molecule has 0 aromatic heterocycles. The van der Waals surface area contributed by atoms with Crippen LogP contribution in [0.15, 0.2) is 48.5 Å². The van der Waals surface area contributed by atoms with Crippen molar-refractivity contribution < 1.29 is 23.9 Å². The number of hydrogen-bond acceptors (Lipinski definition) is 4. The fraction of sp³-hybridized carbons (Fsp3) is 0.222. The van der Waals surface area contributed by atoms with Gasteiger partial charge in [0.25, 0.3) is 5.91 Å². The predicted octanol–water partition coefficient (Wildman–Crippen LogP) is 2.41. The van der Waals surface area contributed by atoms with Gasteiger partial charge in [-0.3, -0.25) is 10.0 Å². The summed E-state index contributed by atoms with van der Waals surface area (Å²) in [6.45, 7) is 1.97. The summed E-state index contributed by atoms with van der Waals surface area (Å²) in [5.41, 5.74) is 1.23. The molecule has 1 unspecified atom stereocenters. The third-order valence-electron chi connectivity index (χ3n) is 4.13. The van der Waals surface area contributed by atoms with Gasteiger partial charge in [0.1, 0.15) is 22.9 Å². The molecule has 1 saturated heterocycles. The minimum absolute atomic E-state index is 0.131. The zero-order valence-corrected chi connectivity index (χ0v) is 14.0. The average molecular weight is 359 g/mol. The Morgan fingerprint density at radius 1 is 1.23 bits per heavy atom. The first-order valence-electron chi connectivity index (χ1n) is 7.93. The zero-order chi connectivity index (χ0) is 18.7. The molecule has 0 saturated carbocycles. The monoisotopic (exact) mass is 359 g/mol. The van der Waals surface area contributed by atoms with E-state index in [4.69, 9.17) is 9.94 Å². The first-order valence-corrected chi connectivity index (χ1v) is 7.93. The van der Waals surface area contributed by atoms with Crippen LogP contribution >= 0.6 is 0 Å². The Balaban J connectivity index is 1.63. The van der Waals surface area contributed by atoms with Crippen LogP contribution in [0.4, 0.5) is 9.18 Å². The number of rotatable bonds is 5. The predicted molar refractivity (Wildman–Crippen MR) is 90.2 cm³/mol. The molecule has 26 heavy (non-hydrogen) atoms. The Bertz CT molecular complexity index is 810. The Labute approximate surface area is 149 Å². The minimum Gasteiger partial charge on any atom is -0.457 e. The van der Waals surface area contributed by atoms with Crippen LogP contribution in [0.1, 0.15) is 12.5 Å². The normalized spacial score (nSPS) is 19.2. The molecule has 0 spiro atoms. The standard InChI is InChI=1S/C18H18FN3O4/c1-18(16(23)21-25)11-22(17(24)20-18)10-12-2-6-14(7-3-12)26-15-8-4-13(19)5-9-15/h2-9,25H,10-11H2,1H3,(H,20,24)(H,21,23). The Hall–Kier alpha value is -3.13. The third kappa shape index (κ3) is 3.75. The van der Waals surface area contributed by atoms with Crippen LogP contribution in [-0.2, 0) is 11.3 Å². The van der Waals surface area contributed by atoms with Crippen LogP contribution in [0, 0.1) is 5.82 Å². The number of amides is 3. The number of nitrogens with one attached hydrogen (secondary N) is 2. The van der Waals surface area contributed by atoms with E-state index in [2.05, 4.69) is 5.32 Å². The average Bonchev–Trinajstić information content (AvgIpc) is 2.92. The van der Waals surface area contributed by atoms with Crippen molar-refractivity contribution in [3.8, 4) is 11.5 Å². The number of nitrogens with zero attached hydrogens (tertiary/aromatic N) is 1. The lowest BCUT2D eigenvalue weighted by Gasteiger charge is -2.20. The van der Waals surface area contributed by atoms with Gasteiger partial charge >= 0.3 is 6.03 Å². The van der Waals surface area contributed by atoms with E-state index in [0.29, 0.717) is 18.0 Å². The van der Waals surface area contributed by atoms with Gasteiger partial charge in [0.05, 0.1) is 6.54 Å². The van der Waals surface area contributed by atoms with E-state index in [1.807, 2.05) is 0 Å². The molecule has 136 valence electrons. The quantitative estimate of drug-likeness (QED) is 0.565. The molecule has 2 aromatic rings. The van der Waals surface area contributed by atoms with Crippen molar-refractivity contribution >= 4 is 11.9 Å². The highest BCUT2D eigenvalue weighted by atomic mass is 19.1. The van der Waals surface area contributed by atoms with Gasteiger partial charge in [-0.15, -0.1) is 0 Å². The Morgan fingerprint density at radius 3 is 2.38 bits per heavy atom. The maximum Gasteiger partial charge on any atom is 0.318 e. The van der Waals surface area contributed by atoms with Crippen LogP contribution in [0.2, 0.25) is 0 Å². The van der Waals surface area contributed by atoms with Gasteiger partial charge in [-0.2, -0.15) is 0 Å². The van der Waals surface area contributed by atoms with Gasteiger partial charge < -0.3 is 15.0 Å². The molecule has 1 aliphatic rings. The number of carbonyl (C=O) groups excluding carboxylic acids is 2. The number of hydroxylamine groups is 1. The molecule has 7 nitrogen and oxygen atoms in total. The van der Waals surface area contributed by atoms with Crippen molar-refractivity contribution in [2.75, 3.05) is 6.54 Å². The van der Waals surface area contributed by atoms with Crippen molar-refractivity contribution in [2.24, 2.45) is 0 Å². The summed E-state index contributed by atoms with van der Waals surface area (Å²) < 4.78 is 18.5. The summed E-state index contributed by atoms with van der Waals surface area (Å²) in [7, 11) is 0. The molecule has 1 atom stereocenters. The molecule has 8 heteroatoms. The second kappa shape index (κ2) is 7.01. The van der Waals surface area contributed by atoms with Gasteiger partial charge in [-0.05, 0) is 48.9 Å². The van der Waals surface area contributed by atoms with Gasteiger partial charge in [0, 0.05) is 6.54 Å². The molecule has 0 bridgehead atoms. The van der Waals surface area contributed by atoms with E-state index in [1.165, 1.54) is 36.1 Å². The van der Waals surface area contributed by atoms with E-state index < -0.39 is 11.4 Å². The molecule has 1 fully saturated rings. The second-order valence-corrected chi connectivity index (χ2v) is 6.26. The van der Waals surface area contributed by atoms with Crippen LogP contribution in [-0.4, -0.2) is 34.1 Å². The second-order valence-electron chi connectivity index (χ2n) is 6.26. The summed E-state index contributed by atoms with van der Waals surface area (Å²) in [6, 6.07) is 12.4. The highest BCUT2D eigenvalue weighted by Gasteiger charge is 2.44. The number of hydrogen-bond donors (Lipinski definition) is 3. The maximum atomic E-state index is 12.9. The maximum absolute atomic E-state index is 12.9. The van der Waals surface area contributed by atoms with Crippen LogP contribution in [0.5, 0.6) is 11.5 Å². The lowest BCUT2D eigenvalue weighted by molar-refractivity contribution is -0.134. The lowest BCUT2D eigenvalue weighted by Crippen LogP contribution is -2.53. The van der Waals surface area contributed by atoms with E-state index >= 15 is 0 Å². The van der Waals surface area contributed by atoms with E-state index in [-0.39, 0.29) is 18.4 Å². The number of ether oxygens (including phenoxy) is 1. The summed E-state index contributed by atoms with van der Waals surface area (Å²) in [5.74, 6) is 0.0921.